The second-order valence-electron chi connectivity index (χ2n) is 3.92. The fourth-order valence-electron chi connectivity index (χ4n) is 1.70. The van der Waals surface area contributed by atoms with E-state index in [4.69, 9.17) is 0 Å². The summed E-state index contributed by atoms with van der Waals surface area (Å²) in [6.07, 6.45) is 4.03. The quantitative estimate of drug-likeness (QED) is 0.683. The maximum atomic E-state index is 13.3. The van der Waals surface area contributed by atoms with E-state index in [-0.39, 0.29) is 16.9 Å². The van der Waals surface area contributed by atoms with Crippen LogP contribution in [0.2, 0.25) is 0 Å². The van der Waals surface area contributed by atoms with Crippen LogP contribution >= 0.6 is 0 Å². The number of hydrogen-bond acceptors (Lipinski definition) is 5. The zero-order valence-corrected chi connectivity index (χ0v) is 10.3. The third-order valence-corrected chi connectivity index (χ3v) is 2.50. The van der Waals surface area contributed by atoms with Crippen LogP contribution in [0.25, 0.3) is 0 Å². The molecule has 7 nitrogen and oxygen atoms in total. The summed E-state index contributed by atoms with van der Waals surface area (Å²) in [7, 11) is 0. The van der Waals surface area contributed by atoms with Crippen molar-refractivity contribution >= 4 is 17.4 Å². The molecule has 8 heteroatoms. The predicted molar refractivity (Wildman–Crippen MR) is 67.8 cm³/mol. The van der Waals surface area contributed by atoms with E-state index in [1.54, 1.807) is 0 Å². The van der Waals surface area contributed by atoms with Gasteiger partial charge in [0.1, 0.15) is 11.4 Å². The predicted octanol–water partition coefficient (Wildman–Crippen LogP) is 2.08. The van der Waals surface area contributed by atoms with E-state index in [1.165, 1.54) is 25.5 Å². The highest BCUT2D eigenvalue weighted by Crippen LogP contribution is 2.25. The molecule has 0 saturated carbocycles. The minimum atomic E-state index is -0.820. The molecule has 0 aliphatic carbocycles. The number of hydrogen-bond donors (Lipinski definition) is 1. The van der Waals surface area contributed by atoms with Crippen LogP contribution in [-0.2, 0) is 0 Å². The number of rotatable bonds is 3. The van der Waals surface area contributed by atoms with Crippen LogP contribution in [-0.4, -0.2) is 20.8 Å². The number of benzene rings is 1. The Morgan fingerprint density at radius 2 is 2.15 bits per heavy atom. The number of nitro groups is 1. The molecule has 1 N–H and O–H groups in total. The monoisotopic (exact) mass is 276 g/mol. The summed E-state index contributed by atoms with van der Waals surface area (Å²) in [5, 5.41) is 13.3. The molecule has 0 aliphatic heterocycles. The molecule has 1 amide bonds. The van der Waals surface area contributed by atoms with Crippen molar-refractivity contribution in [3.8, 4) is 0 Å². The molecule has 0 spiro atoms. The van der Waals surface area contributed by atoms with E-state index in [0.717, 1.165) is 12.1 Å². The Morgan fingerprint density at radius 3 is 2.75 bits per heavy atom. The molecule has 0 fully saturated rings. The first kappa shape index (κ1) is 13.5. The average Bonchev–Trinajstić information content (AvgIpc) is 2.38. The molecule has 0 atom stereocenters. The van der Waals surface area contributed by atoms with E-state index < -0.39 is 22.3 Å². The zero-order chi connectivity index (χ0) is 14.7. The summed E-state index contributed by atoms with van der Waals surface area (Å²) in [6, 6.07) is 1.81. The van der Waals surface area contributed by atoms with Gasteiger partial charge in [-0.15, -0.1) is 0 Å². The molecule has 1 aromatic carbocycles. The van der Waals surface area contributed by atoms with E-state index in [1.807, 2.05) is 0 Å². The van der Waals surface area contributed by atoms with Crippen LogP contribution < -0.4 is 5.32 Å². The van der Waals surface area contributed by atoms with Gasteiger partial charge >= 0.3 is 0 Å². The fraction of sp³-hybridized carbons (Fsp3) is 0.0833. The summed E-state index contributed by atoms with van der Waals surface area (Å²) >= 11 is 0. The van der Waals surface area contributed by atoms with Crippen molar-refractivity contribution < 1.29 is 14.1 Å². The molecule has 0 bridgehead atoms. The van der Waals surface area contributed by atoms with Gasteiger partial charge in [0, 0.05) is 18.0 Å². The Kier molecular flexibility index (Phi) is 3.65. The normalized spacial score (nSPS) is 10.1. The molecule has 0 aliphatic rings. The van der Waals surface area contributed by atoms with Gasteiger partial charge in [-0.05, 0) is 19.1 Å². The molecule has 2 rings (SSSR count). The van der Waals surface area contributed by atoms with E-state index >= 15 is 0 Å². The second kappa shape index (κ2) is 5.39. The van der Waals surface area contributed by atoms with Gasteiger partial charge in [0.2, 0.25) is 0 Å². The lowest BCUT2D eigenvalue weighted by Crippen LogP contribution is -2.16. The molecule has 102 valence electrons. The number of carbonyl (C=O) groups excluding carboxylic acids is 1. The highest BCUT2D eigenvalue weighted by molar-refractivity contribution is 6.06. The van der Waals surface area contributed by atoms with Crippen molar-refractivity contribution in [2.75, 3.05) is 5.32 Å². The number of nitrogens with zero attached hydrogens (tertiary/aromatic N) is 3. The molecule has 20 heavy (non-hydrogen) atoms. The van der Waals surface area contributed by atoms with E-state index in [2.05, 4.69) is 15.3 Å². The van der Waals surface area contributed by atoms with Gasteiger partial charge in [0.05, 0.1) is 11.1 Å². The molecule has 0 unspecified atom stereocenters. The molecule has 1 heterocycles. The van der Waals surface area contributed by atoms with Crippen LogP contribution in [0.5, 0.6) is 0 Å². The van der Waals surface area contributed by atoms with Gasteiger partial charge in [-0.3, -0.25) is 19.9 Å². The van der Waals surface area contributed by atoms with Crippen LogP contribution in [0.3, 0.4) is 0 Å². The number of aromatic nitrogens is 2. The summed E-state index contributed by atoms with van der Waals surface area (Å²) in [5.41, 5.74) is -0.731. The lowest BCUT2D eigenvalue weighted by molar-refractivity contribution is -0.385. The van der Waals surface area contributed by atoms with Crippen molar-refractivity contribution in [3.05, 3.63) is 57.8 Å². The molecule has 1 aromatic heterocycles. The summed E-state index contributed by atoms with van der Waals surface area (Å²) in [6.45, 7) is 1.36. The minimum Gasteiger partial charge on any atom is -0.305 e. The van der Waals surface area contributed by atoms with Crippen molar-refractivity contribution in [3.63, 3.8) is 0 Å². The largest absolute Gasteiger partial charge is 0.305 e. The first-order valence-electron chi connectivity index (χ1n) is 5.51. The maximum absolute atomic E-state index is 13.3. The minimum absolute atomic E-state index is 0.0688. The fourth-order valence-corrected chi connectivity index (χ4v) is 1.70. The third kappa shape index (κ3) is 2.74. The number of carbonyl (C=O) groups is 1. The molecule has 0 radical (unpaired) electrons. The maximum Gasteiger partial charge on any atom is 0.285 e. The second-order valence-corrected chi connectivity index (χ2v) is 3.92. The summed E-state index contributed by atoms with van der Waals surface area (Å²) in [5.74, 6) is -1.43. The highest BCUT2D eigenvalue weighted by Gasteiger charge is 2.24. The summed E-state index contributed by atoms with van der Waals surface area (Å²) in [4.78, 5) is 29.8. The van der Waals surface area contributed by atoms with E-state index in [0.29, 0.717) is 0 Å². The van der Waals surface area contributed by atoms with Gasteiger partial charge in [-0.25, -0.2) is 9.37 Å². The summed E-state index contributed by atoms with van der Waals surface area (Å²) < 4.78 is 13.3. The third-order valence-electron chi connectivity index (χ3n) is 2.50. The lowest BCUT2D eigenvalue weighted by atomic mass is 10.1. The Bertz CT molecular complexity index is 676. The van der Waals surface area contributed by atoms with Crippen LogP contribution in [0, 0.1) is 22.9 Å². The van der Waals surface area contributed by atoms with Crippen molar-refractivity contribution in [1.82, 2.24) is 9.97 Å². The lowest BCUT2D eigenvalue weighted by Gasteiger charge is -2.06. The SMILES string of the molecule is Cc1cc(F)cc(C(=O)Nc2cnccn2)c1[N+](=O)[O-]. The Hall–Kier alpha value is -2.90. The zero-order valence-electron chi connectivity index (χ0n) is 10.3. The highest BCUT2D eigenvalue weighted by atomic mass is 19.1. The van der Waals surface area contributed by atoms with Crippen LogP contribution in [0.15, 0.2) is 30.7 Å². The standard InChI is InChI=1S/C12H9FN4O3/c1-7-4-8(13)5-9(11(7)17(19)20)12(18)16-10-6-14-2-3-15-10/h2-6H,1H3,(H,15,16,18). The van der Waals surface area contributed by atoms with Gasteiger partial charge in [-0.1, -0.05) is 0 Å². The molecule has 2 aromatic rings. The first-order chi connectivity index (χ1) is 9.49. The molecular formula is C12H9FN4O3. The number of nitrogens with one attached hydrogen (secondary N) is 1. The number of anilines is 1. The Balaban J connectivity index is 2.41. The average molecular weight is 276 g/mol. The number of halogens is 1. The van der Waals surface area contributed by atoms with Gasteiger partial charge in [0.15, 0.2) is 5.82 Å². The van der Waals surface area contributed by atoms with Crippen molar-refractivity contribution in [1.29, 1.82) is 0 Å². The molecule has 0 saturated heterocycles. The van der Waals surface area contributed by atoms with Gasteiger partial charge < -0.3 is 5.32 Å². The van der Waals surface area contributed by atoms with Crippen LogP contribution in [0.4, 0.5) is 15.9 Å². The Morgan fingerprint density at radius 1 is 1.40 bits per heavy atom. The first-order valence-corrected chi connectivity index (χ1v) is 5.51. The number of amides is 1. The Labute approximate surface area is 112 Å². The number of nitro benzene ring substituents is 1. The van der Waals surface area contributed by atoms with Gasteiger partial charge in [-0.2, -0.15) is 0 Å². The topological polar surface area (TPSA) is 98.0 Å². The van der Waals surface area contributed by atoms with Crippen LogP contribution in [0.1, 0.15) is 15.9 Å². The van der Waals surface area contributed by atoms with Crippen molar-refractivity contribution in [2.24, 2.45) is 0 Å². The van der Waals surface area contributed by atoms with E-state index in [9.17, 15) is 19.3 Å². The van der Waals surface area contributed by atoms with Gasteiger partial charge in [0.25, 0.3) is 11.6 Å². The smallest absolute Gasteiger partial charge is 0.285 e. The van der Waals surface area contributed by atoms with Crippen molar-refractivity contribution in [2.45, 2.75) is 6.92 Å². The number of aryl methyl sites for hydroxylation is 1. The molecular weight excluding hydrogens is 267 g/mol.